The van der Waals surface area contributed by atoms with Gasteiger partial charge in [0.15, 0.2) is 0 Å². The van der Waals surface area contributed by atoms with Crippen LogP contribution >= 0.6 is 24.8 Å². The molecule has 1 nitrogen and oxygen atoms in total. The third kappa shape index (κ3) is 4.26. The van der Waals surface area contributed by atoms with E-state index in [-0.39, 0.29) is 46.5 Å². The molecule has 0 saturated carbocycles. The minimum atomic E-state index is -0.401. The summed E-state index contributed by atoms with van der Waals surface area (Å²) in [4.78, 5) is 0. The van der Waals surface area contributed by atoms with E-state index in [1.165, 1.54) is 16.7 Å². The Hall–Kier alpha value is -0.0457. The van der Waals surface area contributed by atoms with E-state index in [4.69, 9.17) is 0 Å². The van der Waals surface area contributed by atoms with Gasteiger partial charge >= 0.3 is 0 Å². The largest absolute Gasteiger partial charge is 0.389 e. The molecule has 0 fully saturated rings. The Morgan fingerprint density at radius 3 is 2.28 bits per heavy atom. The maximum atomic E-state index is 9.71. The molecule has 0 bridgehead atoms. The van der Waals surface area contributed by atoms with E-state index in [2.05, 4.69) is 25.1 Å². The molecular weight excluding hydrogens is 303 g/mol. The smallest absolute Gasteiger partial charge is 0.0767 e. The molecule has 0 heterocycles. The van der Waals surface area contributed by atoms with Gasteiger partial charge in [0.05, 0.1) is 6.10 Å². The molecule has 1 aliphatic rings. The van der Waals surface area contributed by atoms with Gasteiger partial charge < -0.3 is 5.11 Å². The van der Waals surface area contributed by atoms with Crippen molar-refractivity contribution in [3.63, 3.8) is 0 Å². The van der Waals surface area contributed by atoms with Gasteiger partial charge in [0.25, 0.3) is 0 Å². The van der Waals surface area contributed by atoms with Crippen LogP contribution in [0, 0.1) is 0 Å². The van der Waals surface area contributed by atoms with Gasteiger partial charge in [-0.2, -0.15) is 0 Å². The third-order valence-corrected chi connectivity index (χ3v) is 2.90. The summed E-state index contributed by atoms with van der Waals surface area (Å²) < 4.78 is 0. The Morgan fingerprint density at radius 1 is 1.17 bits per heavy atom. The Bertz CT molecular complexity index is 439. The van der Waals surface area contributed by atoms with Crippen molar-refractivity contribution >= 4 is 30.4 Å². The Balaban J connectivity index is 0. The maximum absolute atomic E-state index is 9.71. The van der Waals surface area contributed by atoms with Gasteiger partial charge in [-0.1, -0.05) is 36.4 Å². The van der Waals surface area contributed by atoms with Crippen LogP contribution in [0.15, 0.2) is 42.0 Å². The second-order valence-corrected chi connectivity index (χ2v) is 4.03. The molecule has 0 aromatic heterocycles. The average molecular weight is 321 g/mol. The van der Waals surface area contributed by atoms with Crippen molar-refractivity contribution in [1.82, 2.24) is 0 Å². The van der Waals surface area contributed by atoms with Crippen LogP contribution in [0.4, 0.5) is 0 Å². The first kappa shape index (κ1) is 20.3. The quantitative estimate of drug-likeness (QED) is 0.805. The summed E-state index contributed by atoms with van der Waals surface area (Å²) in [6, 6.07) is 8.09. The molecule has 1 aliphatic carbocycles. The number of hydrogen-bond donors (Lipinski definition) is 1. The average Bonchev–Trinajstić information content (AvgIpc) is 2.64. The molecular formula is C14H18Cl2OTi. The van der Waals surface area contributed by atoms with E-state index in [1.54, 1.807) is 0 Å². The number of benzene rings is 1. The van der Waals surface area contributed by atoms with E-state index < -0.39 is 6.10 Å². The van der Waals surface area contributed by atoms with E-state index >= 15 is 0 Å². The van der Waals surface area contributed by atoms with Crippen molar-refractivity contribution in [3.8, 4) is 0 Å². The molecule has 1 aromatic rings. The van der Waals surface area contributed by atoms with Crippen molar-refractivity contribution < 1.29 is 26.8 Å². The molecule has 0 radical (unpaired) electrons. The zero-order chi connectivity index (χ0) is 10.8. The van der Waals surface area contributed by atoms with Crippen LogP contribution in [-0.4, -0.2) is 5.11 Å². The molecule has 0 saturated heterocycles. The van der Waals surface area contributed by atoms with Crippen molar-refractivity contribution in [3.05, 3.63) is 53.1 Å². The van der Waals surface area contributed by atoms with Gasteiger partial charge in [-0.3, -0.25) is 0 Å². The van der Waals surface area contributed by atoms with Gasteiger partial charge in [-0.25, -0.2) is 0 Å². The van der Waals surface area contributed by atoms with Crippen molar-refractivity contribution in [2.75, 3.05) is 0 Å². The summed E-state index contributed by atoms with van der Waals surface area (Å²) in [6.45, 7) is 3.94. The van der Waals surface area contributed by atoms with E-state index in [1.807, 2.05) is 25.1 Å². The molecule has 1 aromatic carbocycles. The number of hydrogen-bond acceptors (Lipinski definition) is 1. The fraction of sp³-hybridized carbons (Fsp3) is 0.286. The second-order valence-electron chi connectivity index (χ2n) is 4.03. The van der Waals surface area contributed by atoms with E-state index in [0.717, 1.165) is 12.0 Å². The Kier molecular flexibility index (Phi) is 10.1. The zero-order valence-corrected chi connectivity index (χ0v) is 13.7. The first-order valence-electron chi connectivity index (χ1n) is 5.34. The Morgan fingerprint density at radius 2 is 1.78 bits per heavy atom. The second kappa shape index (κ2) is 8.95. The van der Waals surface area contributed by atoms with Crippen LogP contribution in [0.1, 0.15) is 37.5 Å². The summed E-state index contributed by atoms with van der Waals surface area (Å²) in [5.74, 6) is 0. The van der Waals surface area contributed by atoms with Crippen LogP contribution in [0.2, 0.25) is 0 Å². The summed E-state index contributed by atoms with van der Waals surface area (Å²) in [5.41, 5.74) is 4.86. The maximum Gasteiger partial charge on any atom is 0.0767 e. The summed E-state index contributed by atoms with van der Waals surface area (Å²) in [5, 5.41) is 9.71. The van der Waals surface area contributed by atoms with Gasteiger partial charge in [-0.15, -0.1) is 24.8 Å². The number of aliphatic hydroxyl groups excluding tert-OH is 1. The van der Waals surface area contributed by atoms with Crippen LogP contribution in [0.5, 0.6) is 0 Å². The van der Waals surface area contributed by atoms with Crippen molar-refractivity contribution in [2.24, 2.45) is 0 Å². The molecule has 2 rings (SSSR count). The zero-order valence-electron chi connectivity index (χ0n) is 10.5. The van der Waals surface area contributed by atoms with Crippen LogP contribution in [0.3, 0.4) is 0 Å². The van der Waals surface area contributed by atoms with Crippen molar-refractivity contribution in [2.45, 2.75) is 26.4 Å². The van der Waals surface area contributed by atoms with Gasteiger partial charge in [0, 0.05) is 21.7 Å². The molecule has 4 heteroatoms. The molecule has 0 aliphatic heterocycles. The van der Waals surface area contributed by atoms with Gasteiger partial charge in [0.2, 0.25) is 0 Å². The van der Waals surface area contributed by atoms with Crippen molar-refractivity contribution in [1.29, 1.82) is 0 Å². The molecule has 98 valence electrons. The number of halogens is 2. The fourth-order valence-corrected chi connectivity index (χ4v) is 2.07. The van der Waals surface area contributed by atoms with Crippen LogP contribution in [-0.2, 0) is 21.7 Å². The minimum absolute atomic E-state index is 0. The SMILES string of the molecule is CC1=C(c2ccccc2C(C)O)CC=C1.Cl.Cl.[Ti]. The van der Waals surface area contributed by atoms with Gasteiger partial charge in [0.1, 0.15) is 0 Å². The standard InChI is InChI=1S/C14H16O.2ClH.Ti/c1-10-6-5-9-12(10)14-8-4-3-7-13(14)11(2)15;;;/h3-8,11,15H,9H2,1-2H3;2*1H;. The van der Waals surface area contributed by atoms with E-state index in [9.17, 15) is 5.11 Å². The van der Waals surface area contributed by atoms with Crippen LogP contribution < -0.4 is 0 Å². The number of rotatable bonds is 2. The normalized spacial score (nSPS) is 14.4. The predicted molar refractivity (Wildman–Crippen MR) is 77.9 cm³/mol. The summed E-state index contributed by atoms with van der Waals surface area (Å²) >= 11 is 0. The van der Waals surface area contributed by atoms with Gasteiger partial charge in [-0.05, 0) is 42.5 Å². The topological polar surface area (TPSA) is 20.2 Å². The first-order chi connectivity index (χ1) is 7.20. The first-order valence-corrected chi connectivity index (χ1v) is 5.34. The molecule has 0 amide bonds. The molecule has 18 heavy (non-hydrogen) atoms. The summed E-state index contributed by atoms with van der Waals surface area (Å²) in [7, 11) is 0. The molecule has 1 unspecified atom stereocenters. The molecule has 1 N–H and O–H groups in total. The number of aliphatic hydroxyl groups is 1. The van der Waals surface area contributed by atoms with Crippen LogP contribution in [0.25, 0.3) is 5.57 Å². The third-order valence-electron chi connectivity index (χ3n) is 2.90. The number of allylic oxidation sites excluding steroid dienone is 4. The van der Waals surface area contributed by atoms with E-state index in [0.29, 0.717) is 0 Å². The Labute approximate surface area is 136 Å². The fourth-order valence-electron chi connectivity index (χ4n) is 2.07. The summed E-state index contributed by atoms with van der Waals surface area (Å²) in [6.07, 6.45) is 4.90. The predicted octanol–water partition coefficient (Wildman–Crippen LogP) is 4.31. The molecule has 0 spiro atoms. The monoisotopic (exact) mass is 320 g/mol. The minimum Gasteiger partial charge on any atom is -0.389 e. The molecule has 1 atom stereocenters.